The first-order valence-electron chi connectivity index (χ1n) is 9.10. The summed E-state index contributed by atoms with van der Waals surface area (Å²) >= 11 is 0. The lowest BCUT2D eigenvalue weighted by Gasteiger charge is -2.27. The number of ether oxygens (including phenoxy) is 2. The van der Waals surface area contributed by atoms with Gasteiger partial charge in [-0.3, -0.25) is 0 Å². The number of hydrogen-bond acceptors (Lipinski definition) is 6. The van der Waals surface area contributed by atoms with Crippen LogP contribution in [0.15, 0.2) is 48.8 Å². The van der Waals surface area contributed by atoms with E-state index in [1.807, 2.05) is 24.3 Å². The van der Waals surface area contributed by atoms with Gasteiger partial charge >= 0.3 is 0 Å². The second kappa shape index (κ2) is 7.31. The van der Waals surface area contributed by atoms with Crippen molar-refractivity contribution in [1.82, 2.24) is 9.97 Å². The summed E-state index contributed by atoms with van der Waals surface area (Å²) in [6.07, 6.45) is 2.71. The lowest BCUT2D eigenvalue weighted by atomic mass is 10.2. The minimum Gasteiger partial charge on any atom is -0.497 e. The van der Waals surface area contributed by atoms with Gasteiger partial charge < -0.3 is 19.3 Å². The number of anilines is 2. The van der Waals surface area contributed by atoms with Crippen LogP contribution in [0.4, 0.5) is 11.5 Å². The van der Waals surface area contributed by atoms with Gasteiger partial charge in [-0.1, -0.05) is 12.1 Å². The minimum absolute atomic E-state index is 0.375. The lowest BCUT2D eigenvalue weighted by molar-refractivity contribution is 0.394. The first-order chi connectivity index (χ1) is 13.2. The fourth-order valence-electron chi connectivity index (χ4n) is 3.71. The third kappa shape index (κ3) is 3.35. The average molecular weight is 364 g/mol. The van der Waals surface area contributed by atoms with Crippen LogP contribution in [0.2, 0.25) is 0 Å². The number of benzene rings is 2. The van der Waals surface area contributed by atoms with E-state index < -0.39 is 0 Å². The Morgan fingerprint density at radius 3 is 2.52 bits per heavy atom. The molecule has 0 bridgehead atoms. The summed E-state index contributed by atoms with van der Waals surface area (Å²) in [6.45, 7) is 1.90. The summed E-state index contributed by atoms with van der Waals surface area (Å²) in [7, 11) is 5.48. The molecule has 1 atom stereocenters. The van der Waals surface area contributed by atoms with Gasteiger partial charge in [-0.05, 0) is 18.6 Å². The van der Waals surface area contributed by atoms with Crippen LogP contribution in [0.1, 0.15) is 6.42 Å². The van der Waals surface area contributed by atoms with E-state index in [9.17, 15) is 0 Å². The van der Waals surface area contributed by atoms with Crippen LogP contribution in [-0.2, 0) is 0 Å². The molecule has 4 rings (SSSR count). The fourth-order valence-corrected chi connectivity index (χ4v) is 3.71. The monoisotopic (exact) mass is 364 g/mol. The average Bonchev–Trinajstić information content (AvgIpc) is 3.22. The molecule has 1 aliphatic heterocycles. The molecule has 0 radical (unpaired) electrons. The summed E-state index contributed by atoms with van der Waals surface area (Å²) in [4.78, 5) is 13.6. The normalized spacial score (nSPS) is 16.6. The van der Waals surface area contributed by atoms with Crippen LogP contribution >= 0.6 is 0 Å². The summed E-state index contributed by atoms with van der Waals surface area (Å²) in [6, 6.07) is 14.5. The molecule has 2 aromatic carbocycles. The van der Waals surface area contributed by atoms with E-state index in [-0.39, 0.29) is 0 Å². The number of methoxy groups -OCH3 is 2. The minimum atomic E-state index is 0.375. The van der Waals surface area contributed by atoms with E-state index >= 15 is 0 Å². The second-order valence-electron chi connectivity index (χ2n) is 6.78. The van der Waals surface area contributed by atoms with Gasteiger partial charge in [0.05, 0.1) is 19.7 Å². The van der Waals surface area contributed by atoms with Gasteiger partial charge in [0.25, 0.3) is 0 Å². The van der Waals surface area contributed by atoms with Crippen molar-refractivity contribution in [3.05, 3.63) is 48.8 Å². The predicted octanol–water partition coefficient (Wildman–Crippen LogP) is 3.36. The predicted molar refractivity (Wildman–Crippen MR) is 108 cm³/mol. The Morgan fingerprint density at radius 2 is 1.78 bits per heavy atom. The first-order valence-corrected chi connectivity index (χ1v) is 9.10. The Kier molecular flexibility index (Phi) is 4.71. The van der Waals surface area contributed by atoms with Crippen molar-refractivity contribution < 1.29 is 9.47 Å². The summed E-state index contributed by atoms with van der Waals surface area (Å²) in [5.74, 6) is 2.60. The maximum absolute atomic E-state index is 5.41. The van der Waals surface area contributed by atoms with Gasteiger partial charge in [-0.25, -0.2) is 9.97 Å². The van der Waals surface area contributed by atoms with Crippen LogP contribution in [0.3, 0.4) is 0 Å². The molecule has 1 unspecified atom stereocenters. The Morgan fingerprint density at radius 1 is 1.04 bits per heavy atom. The van der Waals surface area contributed by atoms with Gasteiger partial charge in [0, 0.05) is 55.5 Å². The van der Waals surface area contributed by atoms with E-state index in [1.165, 1.54) is 0 Å². The van der Waals surface area contributed by atoms with Crippen LogP contribution in [0, 0.1) is 0 Å². The Hall–Kier alpha value is -3.02. The van der Waals surface area contributed by atoms with Crippen LogP contribution < -0.4 is 19.3 Å². The third-order valence-corrected chi connectivity index (χ3v) is 5.27. The molecule has 0 saturated carbocycles. The molecule has 1 aliphatic rings. The number of likely N-dealkylation sites (N-methyl/N-ethyl adjacent to an activating group) is 1. The fraction of sp³-hybridized carbons (Fsp3) is 0.333. The highest BCUT2D eigenvalue weighted by Gasteiger charge is 2.28. The number of aromatic nitrogens is 2. The zero-order valence-corrected chi connectivity index (χ0v) is 15.9. The Bertz CT molecular complexity index is 919. The van der Waals surface area contributed by atoms with Crippen molar-refractivity contribution in [3.63, 3.8) is 0 Å². The smallest absolute Gasteiger partial charge is 0.139 e. The summed E-state index contributed by atoms with van der Waals surface area (Å²) in [5, 5.41) is 1.09. The lowest BCUT2D eigenvalue weighted by Crippen LogP contribution is -2.35. The molecule has 1 saturated heterocycles. The first kappa shape index (κ1) is 17.4. The van der Waals surface area contributed by atoms with E-state index in [0.29, 0.717) is 6.04 Å². The quantitative estimate of drug-likeness (QED) is 0.692. The molecule has 1 aromatic heterocycles. The van der Waals surface area contributed by atoms with E-state index in [4.69, 9.17) is 9.47 Å². The van der Waals surface area contributed by atoms with Gasteiger partial charge in [0.2, 0.25) is 0 Å². The number of nitrogens with zero attached hydrogens (tertiary/aromatic N) is 4. The maximum Gasteiger partial charge on any atom is 0.139 e. The van der Waals surface area contributed by atoms with Crippen molar-refractivity contribution in [3.8, 4) is 11.5 Å². The van der Waals surface area contributed by atoms with Gasteiger partial charge in [-0.2, -0.15) is 0 Å². The van der Waals surface area contributed by atoms with Crippen molar-refractivity contribution in [2.45, 2.75) is 12.5 Å². The number of rotatable bonds is 5. The molecule has 0 N–H and O–H groups in total. The van der Waals surface area contributed by atoms with Crippen LogP contribution in [0.25, 0.3) is 10.9 Å². The van der Waals surface area contributed by atoms with E-state index in [1.54, 1.807) is 20.5 Å². The van der Waals surface area contributed by atoms with E-state index in [2.05, 4.69) is 45.0 Å². The highest BCUT2D eigenvalue weighted by atomic mass is 16.5. The molecule has 27 heavy (non-hydrogen) atoms. The molecule has 3 aromatic rings. The highest BCUT2D eigenvalue weighted by Crippen LogP contribution is 2.32. The molecule has 0 amide bonds. The van der Waals surface area contributed by atoms with Crippen LogP contribution in [0.5, 0.6) is 11.5 Å². The molecule has 2 heterocycles. The van der Waals surface area contributed by atoms with Gasteiger partial charge in [0.15, 0.2) is 0 Å². The third-order valence-electron chi connectivity index (χ3n) is 5.27. The summed E-state index contributed by atoms with van der Waals surface area (Å²) < 4.78 is 10.8. The number of fused-ring (bicyclic) bond motifs is 1. The molecular formula is C21H24N4O2. The highest BCUT2D eigenvalue weighted by molar-refractivity contribution is 5.89. The maximum atomic E-state index is 5.41. The number of para-hydroxylation sites is 1. The Balaban J connectivity index is 1.57. The summed E-state index contributed by atoms with van der Waals surface area (Å²) in [5.41, 5.74) is 2.09. The van der Waals surface area contributed by atoms with Crippen molar-refractivity contribution in [2.24, 2.45) is 0 Å². The zero-order chi connectivity index (χ0) is 18.8. The standard InChI is InChI=1S/C21H24N4O2/c1-24(21-19-6-4-5-7-20(19)22-14-23-21)15-8-9-25(13-15)16-10-17(26-2)12-18(11-16)27-3/h4-7,10-12,14-15H,8-9,13H2,1-3H3. The van der Waals surface area contributed by atoms with Crippen molar-refractivity contribution >= 4 is 22.4 Å². The molecule has 0 aliphatic carbocycles. The largest absolute Gasteiger partial charge is 0.497 e. The number of hydrogen-bond donors (Lipinski definition) is 0. The van der Waals surface area contributed by atoms with Gasteiger partial charge in [-0.15, -0.1) is 0 Å². The topological polar surface area (TPSA) is 50.7 Å². The van der Waals surface area contributed by atoms with Crippen molar-refractivity contribution in [1.29, 1.82) is 0 Å². The van der Waals surface area contributed by atoms with E-state index in [0.717, 1.165) is 53.4 Å². The molecule has 1 fully saturated rings. The zero-order valence-electron chi connectivity index (χ0n) is 15.9. The molecule has 140 valence electrons. The molecular weight excluding hydrogens is 340 g/mol. The van der Waals surface area contributed by atoms with Crippen LogP contribution in [-0.4, -0.2) is 50.4 Å². The molecule has 6 nitrogen and oxygen atoms in total. The molecule has 0 spiro atoms. The second-order valence-corrected chi connectivity index (χ2v) is 6.78. The van der Waals surface area contributed by atoms with Gasteiger partial charge in [0.1, 0.15) is 23.6 Å². The SMILES string of the molecule is COc1cc(OC)cc(N2CCC(N(C)c3ncnc4ccccc34)C2)c1. The van der Waals surface area contributed by atoms with Crippen molar-refractivity contribution in [2.75, 3.05) is 44.2 Å². The molecule has 6 heteroatoms. The Labute approximate surface area is 159 Å².